The van der Waals surface area contributed by atoms with Gasteiger partial charge in [-0.1, -0.05) is 18.2 Å². The van der Waals surface area contributed by atoms with Crippen LogP contribution in [-0.4, -0.2) is 28.5 Å². The molecule has 0 fully saturated rings. The number of aryl methyl sites for hydroxylation is 1. The van der Waals surface area contributed by atoms with Crippen LogP contribution in [0.2, 0.25) is 0 Å². The Kier molecular flexibility index (Phi) is 5.95. The largest absolute Gasteiger partial charge is 0.493 e. The highest BCUT2D eigenvalue weighted by atomic mass is 19.1. The van der Waals surface area contributed by atoms with Crippen LogP contribution in [0.15, 0.2) is 52.4 Å². The second-order valence-corrected chi connectivity index (χ2v) is 5.75. The zero-order valence-corrected chi connectivity index (χ0v) is 15.3. The summed E-state index contributed by atoms with van der Waals surface area (Å²) in [6, 6.07) is 11.6. The highest BCUT2D eigenvalue weighted by Gasteiger charge is 2.07. The van der Waals surface area contributed by atoms with Gasteiger partial charge in [-0.05, 0) is 36.8 Å². The van der Waals surface area contributed by atoms with Gasteiger partial charge in [-0.2, -0.15) is 5.10 Å². The fraction of sp³-hybridized carbons (Fsp3) is 0.158. The van der Waals surface area contributed by atoms with Crippen LogP contribution in [0.5, 0.6) is 11.5 Å². The maximum atomic E-state index is 13.7. The number of benzene rings is 2. The van der Waals surface area contributed by atoms with E-state index in [1.807, 2.05) is 0 Å². The highest BCUT2D eigenvalue weighted by molar-refractivity contribution is 5.81. The number of nitrogens with zero attached hydrogens (tertiary/aromatic N) is 3. The number of rotatable bonds is 7. The molecule has 0 radical (unpaired) electrons. The van der Waals surface area contributed by atoms with Crippen molar-refractivity contribution in [3.63, 3.8) is 0 Å². The zero-order chi connectivity index (χ0) is 19.9. The first-order chi connectivity index (χ1) is 13.6. The van der Waals surface area contributed by atoms with Gasteiger partial charge >= 0.3 is 0 Å². The van der Waals surface area contributed by atoms with Crippen LogP contribution in [-0.2, 0) is 6.61 Å². The lowest BCUT2D eigenvalue weighted by Crippen LogP contribution is -2.15. The molecule has 2 aromatic carbocycles. The summed E-state index contributed by atoms with van der Waals surface area (Å²) in [5, 5.41) is 11.5. The molecule has 28 heavy (non-hydrogen) atoms. The third-order valence-electron chi connectivity index (χ3n) is 3.77. The third kappa shape index (κ3) is 4.70. The molecule has 0 aliphatic carbocycles. The van der Waals surface area contributed by atoms with E-state index in [1.54, 1.807) is 43.3 Å². The lowest BCUT2D eigenvalue weighted by Gasteiger charge is -2.11. The average Bonchev–Trinajstić information content (AvgIpc) is 2.70. The van der Waals surface area contributed by atoms with E-state index in [0.29, 0.717) is 22.6 Å². The Hall–Kier alpha value is -3.75. The molecule has 0 saturated heterocycles. The molecular weight excluding hydrogens is 365 g/mol. The predicted molar refractivity (Wildman–Crippen MR) is 102 cm³/mol. The van der Waals surface area contributed by atoms with Gasteiger partial charge in [0.25, 0.3) is 5.56 Å². The van der Waals surface area contributed by atoms with E-state index in [2.05, 4.69) is 25.7 Å². The van der Waals surface area contributed by atoms with Crippen molar-refractivity contribution in [2.24, 2.45) is 5.10 Å². The Morgan fingerprint density at radius 2 is 2.04 bits per heavy atom. The molecule has 2 N–H and O–H groups in total. The Bertz CT molecular complexity index is 1050. The zero-order valence-electron chi connectivity index (χ0n) is 15.3. The molecule has 8 nitrogen and oxygen atoms in total. The molecule has 3 aromatic rings. The lowest BCUT2D eigenvalue weighted by atomic mass is 10.2. The lowest BCUT2D eigenvalue weighted by molar-refractivity contribution is 0.279. The van der Waals surface area contributed by atoms with Crippen LogP contribution in [0, 0.1) is 12.7 Å². The molecule has 0 aliphatic rings. The minimum absolute atomic E-state index is 0.0808. The summed E-state index contributed by atoms with van der Waals surface area (Å²) in [7, 11) is 1.51. The van der Waals surface area contributed by atoms with Crippen LogP contribution in [0.1, 0.15) is 16.8 Å². The molecule has 9 heteroatoms. The molecule has 0 amide bonds. The molecule has 3 rings (SSSR count). The summed E-state index contributed by atoms with van der Waals surface area (Å²) >= 11 is 0. The normalized spacial score (nSPS) is 10.8. The molecule has 0 bridgehead atoms. The number of hydrogen-bond donors (Lipinski definition) is 2. The van der Waals surface area contributed by atoms with Crippen molar-refractivity contribution >= 4 is 12.2 Å². The first-order valence-corrected chi connectivity index (χ1v) is 8.33. The minimum Gasteiger partial charge on any atom is -0.493 e. The number of ether oxygens (including phenoxy) is 2. The molecule has 0 atom stereocenters. The van der Waals surface area contributed by atoms with Crippen molar-refractivity contribution in [2.45, 2.75) is 13.5 Å². The van der Waals surface area contributed by atoms with Gasteiger partial charge in [0.15, 0.2) is 11.5 Å². The van der Waals surface area contributed by atoms with Crippen LogP contribution < -0.4 is 20.5 Å². The maximum absolute atomic E-state index is 13.7. The summed E-state index contributed by atoms with van der Waals surface area (Å²) in [5.41, 5.74) is 3.68. The molecule has 0 aliphatic heterocycles. The molecule has 1 aromatic heterocycles. The van der Waals surface area contributed by atoms with Gasteiger partial charge in [0.05, 0.1) is 13.3 Å². The first kappa shape index (κ1) is 19.0. The fourth-order valence-electron chi connectivity index (χ4n) is 2.27. The molecular formula is C19H18FN5O3. The number of H-pyrrole nitrogens is 1. The quantitative estimate of drug-likeness (QED) is 0.480. The van der Waals surface area contributed by atoms with Crippen molar-refractivity contribution in [3.8, 4) is 11.5 Å². The predicted octanol–water partition coefficient (Wildman–Crippen LogP) is 2.65. The number of anilines is 1. The van der Waals surface area contributed by atoms with Gasteiger partial charge in [0, 0.05) is 5.56 Å². The van der Waals surface area contributed by atoms with Crippen LogP contribution in [0.25, 0.3) is 0 Å². The fourth-order valence-corrected chi connectivity index (χ4v) is 2.27. The molecule has 144 valence electrons. The first-order valence-electron chi connectivity index (χ1n) is 8.33. The van der Waals surface area contributed by atoms with E-state index in [1.165, 1.54) is 19.4 Å². The van der Waals surface area contributed by atoms with Gasteiger partial charge in [0.1, 0.15) is 18.1 Å². The summed E-state index contributed by atoms with van der Waals surface area (Å²) in [6.07, 6.45) is 1.52. The Labute approximate surface area is 160 Å². The van der Waals surface area contributed by atoms with Crippen molar-refractivity contribution in [3.05, 3.63) is 75.5 Å². The monoisotopic (exact) mass is 383 g/mol. The molecule has 0 unspecified atom stereocenters. The molecule has 1 heterocycles. The Morgan fingerprint density at radius 3 is 2.79 bits per heavy atom. The van der Waals surface area contributed by atoms with E-state index in [-0.39, 0.29) is 29.6 Å². The Balaban J connectivity index is 1.67. The topological polar surface area (TPSA) is 101 Å². The highest BCUT2D eigenvalue weighted by Crippen LogP contribution is 2.28. The van der Waals surface area contributed by atoms with Gasteiger partial charge in [-0.25, -0.2) is 9.82 Å². The number of aromatic amines is 1. The van der Waals surface area contributed by atoms with Gasteiger partial charge in [0.2, 0.25) is 5.95 Å². The van der Waals surface area contributed by atoms with Gasteiger partial charge < -0.3 is 9.47 Å². The van der Waals surface area contributed by atoms with E-state index in [4.69, 9.17) is 9.47 Å². The van der Waals surface area contributed by atoms with E-state index < -0.39 is 0 Å². The van der Waals surface area contributed by atoms with E-state index in [0.717, 1.165) is 0 Å². The summed E-state index contributed by atoms with van der Waals surface area (Å²) in [6.45, 7) is 1.64. The standard InChI is InChI=1S/C19H18FN5O3/c1-12-18(26)22-19(25-23-12)24-21-10-13-7-8-16(17(9-13)27-2)28-11-14-5-3-4-6-15(14)20/h3-10H,11H2,1-2H3,(H2,22,24,25,26)/b21-10+. The van der Waals surface area contributed by atoms with Crippen molar-refractivity contribution in [1.82, 2.24) is 15.2 Å². The van der Waals surface area contributed by atoms with E-state index >= 15 is 0 Å². The van der Waals surface area contributed by atoms with Crippen molar-refractivity contribution in [2.75, 3.05) is 12.5 Å². The molecule has 0 saturated carbocycles. The number of methoxy groups -OCH3 is 1. The van der Waals surface area contributed by atoms with Crippen LogP contribution >= 0.6 is 0 Å². The number of hydrogen-bond acceptors (Lipinski definition) is 7. The summed E-state index contributed by atoms with van der Waals surface area (Å²) in [5.74, 6) is 0.755. The second-order valence-electron chi connectivity index (χ2n) is 5.75. The van der Waals surface area contributed by atoms with Crippen LogP contribution in [0.3, 0.4) is 0 Å². The maximum Gasteiger partial charge on any atom is 0.274 e. The number of nitrogens with one attached hydrogen (secondary N) is 2. The smallest absolute Gasteiger partial charge is 0.274 e. The molecule has 0 spiro atoms. The third-order valence-corrected chi connectivity index (χ3v) is 3.77. The van der Waals surface area contributed by atoms with Gasteiger partial charge in [-0.15, -0.1) is 10.2 Å². The second kappa shape index (κ2) is 8.76. The SMILES string of the molecule is COc1cc(/C=N/Nc2nnc(C)c(=O)[nH]2)ccc1OCc1ccccc1F. The van der Waals surface area contributed by atoms with Crippen molar-refractivity contribution < 1.29 is 13.9 Å². The number of halogens is 1. The minimum atomic E-state index is -0.342. The van der Waals surface area contributed by atoms with E-state index in [9.17, 15) is 9.18 Å². The summed E-state index contributed by atoms with van der Waals surface area (Å²) in [4.78, 5) is 14.0. The van der Waals surface area contributed by atoms with Crippen molar-refractivity contribution in [1.29, 1.82) is 0 Å². The average molecular weight is 383 g/mol. The van der Waals surface area contributed by atoms with Gasteiger partial charge in [-0.3, -0.25) is 9.78 Å². The number of aromatic nitrogens is 3. The van der Waals surface area contributed by atoms with Crippen LogP contribution in [0.4, 0.5) is 10.3 Å². The Morgan fingerprint density at radius 1 is 1.21 bits per heavy atom. The number of hydrazone groups is 1. The summed E-state index contributed by atoms with van der Waals surface area (Å²) < 4.78 is 24.7.